The second-order valence-corrected chi connectivity index (χ2v) is 5.39. The highest BCUT2D eigenvalue weighted by Crippen LogP contribution is 2.14. The van der Waals surface area contributed by atoms with Crippen LogP contribution < -0.4 is 5.32 Å². The molecule has 2 fully saturated rings. The van der Waals surface area contributed by atoms with Crippen LogP contribution in [0.5, 0.6) is 0 Å². The quantitative estimate of drug-likeness (QED) is 0.894. The Bertz CT molecular complexity index is 384. The van der Waals surface area contributed by atoms with Gasteiger partial charge in [0.1, 0.15) is 0 Å². The van der Waals surface area contributed by atoms with E-state index < -0.39 is 0 Å². The molecule has 1 atom stereocenters. The van der Waals surface area contributed by atoms with Gasteiger partial charge in [-0.3, -0.25) is 9.80 Å². The summed E-state index contributed by atoms with van der Waals surface area (Å²) in [5.74, 6) is 0.989. The second-order valence-electron chi connectivity index (χ2n) is 5.39. The first-order valence-electron chi connectivity index (χ1n) is 6.90. The lowest BCUT2D eigenvalue weighted by molar-refractivity contribution is 0.0920. The van der Waals surface area contributed by atoms with Crippen LogP contribution in [0.15, 0.2) is 10.6 Å². The first-order valence-corrected chi connectivity index (χ1v) is 6.90. The predicted octanol–water partition coefficient (Wildman–Crippen LogP) is 0.884. The van der Waals surface area contributed by atoms with E-state index in [2.05, 4.69) is 20.3 Å². The summed E-state index contributed by atoms with van der Waals surface area (Å²) in [4.78, 5) is 5.08. The van der Waals surface area contributed by atoms with Crippen molar-refractivity contribution in [3.8, 4) is 0 Å². The fraction of sp³-hybridized carbons (Fsp3) is 0.769. The lowest BCUT2D eigenvalue weighted by Gasteiger charge is -2.37. The van der Waals surface area contributed by atoms with Gasteiger partial charge in [-0.15, -0.1) is 12.4 Å². The van der Waals surface area contributed by atoms with Crippen molar-refractivity contribution in [3.05, 3.63) is 17.5 Å². The van der Waals surface area contributed by atoms with Crippen molar-refractivity contribution in [2.24, 2.45) is 0 Å². The van der Waals surface area contributed by atoms with E-state index in [9.17, 15) is 0 Å². The monoisotopic (exact) mass is 286 g/mol. The number of nitrogens with zero attached hydrogens (tertiary/aromatic N) is 3. The smallest absolute Gasteiger partial charge is 0.150 e. The first kappa shape index (κ1) is 14.8. The number of aryl methyl sites for hydroxylation is 1. The number of piperazine rings is 1. The fourth-order valence-corrected chi connectivity index (χ4v) is 2.95. The lowest BCUT2D eigenvalue weighted by Crippen LogP contribution is -2.50. The summed E-state index contributed by atoms with van der Waals surface area (Å²) in [6.07, 6.45) is 1.31. The summed E-state index contributed by atoms with van der Waals surface area (Å²) in [6, 6.07) is 2.80. The molecule has 1 unspecified atom stereocenters. The molecule has 1 aromatic rings. The Kier molecular flexibility index (Phi) is 5.21. The number of rotatable bonds is 3. The van der Waals surface area contributed by atoms with Crippen molar-refractivity contribution < 1.29 is 4.52 Å². The van der Waals surface area contributed by atoms with E-state index in [4.69, 9.17) is 4.52 Å². The summed E-state index contributed by atoms with van der Waals surface area (Å²) in [7, 11) is 0. The summed E-state index contributed by atoms with van der Waals surface area (Å²) in [5, 5.41) is 7.38. The Labute approximate surface area is 120 Å². The average molecular weight is 287 g/mol. The molecular weight excluding hydrogens is 264 g/mol. The molecule has 6 heteroatoms. The highest BCUT2D eigenvalue weighted by atomic mass is 35.5. The van der Waals surface area contributed by atoms with Crippen LogP contribution in [0.25, 0.3) is 0 Å². The van der Waals surface area contributed by atoms with Crippen LogP contribution in [-0.2, 0) is 6.54 Å². The molecule has 0 bridgehead atoms. The molecule has 3 heterocycles. The number of nitrogens with one attached hydrogen (secondary N) is 1. The number of hydrogen-bond acceptors (Lipinski definition) is 5. The third-order valence-electron chi connectivity index (χ3n) is 4.01. The van der Waals surface area contributed by atoms with Crippen LogP contribution >= 0.6 is 12.4 Å². The number of aromatic nitrogens is 1. The maximum Gasteiger partial charge on any atom is 0.150 e. The second kappa shape index (κ2) is 6.70. The molecule has 0 spiro atoms. The van der Waals surface area contributed by atoms with Crippen molar-refractivity contribution in [2.45, 2.75) is 25.9 Å². The molecule has 3 rings (SSSR count). The zero-order valence-electron chi connectivity index (χ0n) is 11.5. The Hall–Kier alpha value is -0.620. The van der Waals surface area contributed by atoms with Crippen molar-refractivity contribution in [3.63, 3.8) is 0 Å². The van der Waals surface area contributed by atoms with E-state index in [1.54, 1.807) is 0 Å². The molecule has 0 radical (unpaired) electrons. The predicted molar refractivity (Wildman–Crippen MR) is 76.6 cm³/mol. The van der Waals surface area contributed by atoms with Gasteiger partial charge in [0.15, 0.2) is 5.76 Å². The maximum absolute atomic E-state index is 5.28. The fourth-order valence-electron chi connectivity index (χ4n) is 2.95. The highest BCUT2D eigenvalue weighted by Gasteiger charge is 2.26. The normalized spacial score (nSPS) is 25.4. The molecule has 2 saturated heterocycles. The van der Waals surface area contributed by atoms with E-state index in [1.165, 1.54) is 32.6 Å². The lowest BCUT2D eigenvalue weighted by atomic mass is 10.2. The van der Waals surface area contributed by atoms with Crippen molar-refractivity contribution >= 4 is 12.4 Å². The average Bonchev–Trinajstić information content (AvgIpc) is 3.02. The van der Waals surface area contributed by atoms with Crippen LogP contribution in [0.2, 0.25) is 0 Å². The van der Waals surface area contributed by atoms with Gasteiger partial charge in [-0.25, -0.2) is 0 Å². The van der Waals surface area contributed by atoms with E-state index in [1.807, 2.05) is 13.0 Å². The molecule has 0 saturated carbocycles. The van der Waals surface area contributed by atoms with Gasteiger partial charge >= 0.3 is 0 Å². The molecule has 2 aliphatic rings. The SMILES string of the molecule is Cc1cc(CN2CCN(C3CCNC3)CC2)on1.Cl. The number of hydrogen-bond donors (Lipinski definition) is 1. The van der Waals surface area contributed by atoms with Gasteiger partial charge in [0.25, 0.3) is 0 Å². The van der Waals surface area contributed by atoms with Crippen LogP contribution in [0, 0.1) is 6.92 Å². The summed E-state index contributed by atoms with van der Waals surface area (Å²) >= 11 is 0. The standard InChI is InChI=1S/C13H22N4O.ClH/c1-11-8-13(18-15-11)10-16-4-6-17(7-5-16)12-2-3-14-9-12;/h8,12,14H,2-7,9-10H2,1H3;1H. The maximum atomic E-state index is 5.28. The Morgan fingerprint density at radius 1 is 1.37 bits per heavy atom. The Balaban J connectivity index is 0.00000133. The van der Waals surface area contributed by atoms with Crippen LogP contribution in [0.3, 0.4) is 0 Å². The minimum atomic E-state index is 0. The summed E-state index contributed by atoms with van der Waals surface area (Å²) < 4.78 is 5.28. The Morgan fingerprint density at radius 2 is 2.16 bits per heavy atom. The van der Waals surface area contributed by atoms with E-state index in [0.717, 1.165) is 37.1 Å². The van der Waals surface area contributed by atoms with Gasteiger partial charge in [-0.2, -0.15) is 0 Å². The van der Waals surface area contributed by atoms with E-state index >= 15 is 0 Å². The third kappa shape index (κ3) is 3.69. The van der Waals surface area contributed by atoms with Crippen LogP contribution in [0.4, 0.5) is 0 Å². The molecule has 19 heavy (non-hydrogen) atoms. The van der Waals surface area contributed by atoms with Crippen molar-refractivity contribution in [2.75, 3.05) is 39.3 Å². The zero-order chi connectivity index (χ0) is 12.4. The number of halogens is 1. The summed E-state index contributed by atoms with van der Waals surface area (Å²) in [5.41, 5.74) is 0.973. The van der Waals surface area contributed by atoms with Gasteiger partial charge in [-0.05, 0) is 19.9 Å². The molecule has 0 aromatic carbocycles. The molecule has 1 N–H and O–H groups in total. The van der Waals surface area contributed by atoms with Gasteiger partial charge < -0.3 is 9.84 Å². The molecule has 1 aromatic heterocycles. The molecular formula is C13H23ClN4O. The molecule has 0 amide bonds. The van der Waals surface area contributed by atoms with Gasteiger partial charge in [0, 0.05) is 44.8 Å². The van der Waals surface area contributed by atoms with Crippen molar-refractivity contribution in [1.82, 2.24) is 20.3 Å². The highest BCUT2D eigenvalue weighted by molar-refractivity contribution is 5.85. The largest absolute Gasteiger partial charge is 0.360 e. The molecule has 5 nitrogen and oxygen atoms in total. The summed E-state index contributed by atoms with van der Waals surface area (Å²) in [6.45, 7) is 9.85. The van der Waals surface area contributed by atoms with E-state index in [0.29, 0.717) is 0 Å². The zero-order valence-corrected chi connectivity index (χ0v) is 12.3. The Morgan fingerprint density at radius 3 is 2.74 bits per heavy atom. The molecule has 108 valence electrons. The minimum Gasteiger partial charge on any atom is -0.360 e. The van der Waals surface area contributed by atoms with Gasteiger partial charge in [-0.1, -0.05) is 5.16 Å². The van der Waals surface area contributed by atoms with Crippen LogP contribution in [-0.4, -0.2) is 60.3 Å². The molecule has 2 aliphatic heterocycles. The van der Waals surface area contributed by atoms with Gasteiger partial charge in [0.05, 0.1) is 12.2 Å². The van der Waals surface area contributed by atoms with Crippen LogP contribution in [0.1, 0.15) is 17.9 Å². The third-order valence-corrected chi connectivity index (χ3v) is 4.01. The van der Waals surface area contributed by atoms with E-state index in [-0.39, 0.29) is 12.4 Å². The van der Waals surface area contributed by atoms with Gasteiger partial charge in [0.2, 0.25) is 0 Å². The molecule has 0 aliphatic carbocycles. The minimum absolute atomic E-state index is 0. The first-order chi connectivity index (χ1) is 8.81. The van der Waals surface area contributed by atoms with Crippen molar-refractivity contribution in [1.29, 1.82) is 0 Å². The topological polar surface area (TPSA) is 44.5 Å².